The first-order valence-corrected chi connectivity index (χ1v) is 9.42. The van der Waals surface area contributed by atoms with Crippen LogP contribution in [-0.4, -0.2) is 27.5 Å². The summed E-state index contributed by atoms with van der Waals surface area (Å²) < 4.78 is 0.876. The van der Waals surface area contributed by atoms with Crippen LogP contribution in [0.4, 0.5) is 0 Å². The first kappa shape index (κ1) is 21.4. The quantitative estimate of drug-likeness (QED) is 0.684. The Bertz CT molecular complexity index is 976. The van der Waals surface area contributed by atoms with E-state index in [1.165, 1.54) is 0 Å². The van der Waals surface area contributed by atoms with Gasteiger partial charge in [0.1, 0.15) is 6.04 Å². The number of carbonyl (C=O) groups excluding carboxylic acids is 2. The van der Waals surface area contributed by atoms with Crippen LogP contribution in [0.3, 0.4) is 0 Å². The summed E-state index contributed by atoms with van der Waals surface area (Å²) >= 11 is 0. The van der Waals surface area contributed by atoms with Gasteiger partial charge in [-0.2, -0.15) is 0 Å². The van der Waals surface area contributed by atoms with Crippen LogP contribution >= 0.6 is 0 Å². The van der Waals surface area contributed by atoms with Crippen molar-refractivity contribution < 1.29 is 14.7 Å². The number of benzene rings is 1. The monoisotopic (exact) mass is 388 g/mol. The molecule has 0 spiro atoms. The Balaban J connectivity index is 2.54. The minimum Gasteiger partial charge on any atom is -0.548 e. The highest BCUT2D eigenvalue weighted by molar-refractivity contribution is 5.86. The Labute approximate surface area is 162 Å². The molecule has 152 valence electrons. The molecule has 0 saturated carbocycles. The fourth-order valence-corrected chi connectivity index (χ4v) is 3.15. The number of aromatic nitrogens is 2. The van der Waals surface area contributed by atoms with Gasteiger partial charge in [0.15, 0.2) is 0 Å². The molecule has 1 aromatic heterocycles. The average molecular weight is 388 g/mol. The van der Waals surface area contributed by atoms with Crippen LogP contribution in [0.15, 0.2) is 33.9 Å². The van der Waals surface area contributed by atoms with Crippen LogP contribution in [0, 0.1) is 11.8 Å². The Morgan fingerprint density at radius 2 is 1.82 bits per heavy atom. The Morgan fingerprint density at radius 1 is 1.18 bits per heavy atom. The van der Waals surface area contributed by atoms with Gasteiger partial charge in [0, 0.05) is 0 Å². The SMILES string of the molecule is CC[C@@H](C)[C@H](NC(=O)[C@H](CC(C)C)n1c(=O)[nH]c2ccccc2c1=O)C(=O)[O-]. The third-order valence-electron chi connectivity index (χ3n) is 4.91. The highest BCUT2D eigenvalue weighted by atomic mass is 16.4. The molecular weight excluding hydrogens is 362 g/mol. The lowest BCUT2D eigenvalue weighted by atomic mass is 9.97. The molecular formula is C20H26N3O5-. The van der Waals surface area contributed by atoms with Gasteiger partial charge in [0.05, 0.1) is 22.9 Å². The number of rotatable bonds is 8. The summed E-state index contributed by atoms with van der Waals surface area (Å²) in [4.78, 5) is 52.5. The van der Waals surface area contributed by atoms with Crippen LogP contribution in [0.25, 0.3) is 10.9 Å². The molecule has 0 radical (unpaired) electrons. The van der Waals surface area contributed by atoms with Gasteiger partial charge in [0.2, 0.25) is 5.91 Å². The predicted molar refractivity (Wildman–Crippen MR) is 104 cm³/mol. The van der Waals surface area contributed by atoms with Crippen molar-refractivity contribution in [3.63, 3.8) is 0 Å². The zero-order chi connectivity index (χ0) is 21.0. The molecule has 8 heteroatoms. The highest BCUT2D eigenvalue weighted by Gasteiger charge is 2.29. The smallest absolute Gasteiger partial charge is 0.329 e. The van der Waals surface area contributed by atoms with Crippen molar-refractivity contribution in [1.29, 1.82) is 0 Å². The van der Waals surface area contributed by atoms with Crippen LogP contribution < -0.4 is 21.7 Å². The molecule has 0 bridgehead atoms. The standard InChI is InChI=1S/C20H27N3O5/c1-5-12(4)16(19(26)27)22-17(24)15(10-11(2)3)23-18(25)13-8-6-7-9-14(13)21-20(23)28/h6-9,11-12,15-16H,5,10H2,1-4H3,(H,21,28)(H,22,24)(H,26,27)/p-1/t12-,15+,16+/m1/s1. The minimum absolute atomic E-state index is 0.0153. The molecule has 2 aromatic rings. The summed E-state index contributed by atoms with van der Waals surface area (Å²) in [6, 6.07) is 4.19. The number of H-pyrrole nitrogens is 1. The second-order valence-electron chi connectivity index (χ2n) is 7.49. The molecule has 1 amide bonds. The van der Waals surface area contributed by atoms with Crippen molar-refractivity contribution >= 4 is 22.8 Å². The largest absolute Gasteiger partial charge is 0.548 e. The molecule has 28 heavy (non-hydrogen) atoms. The average Bonchev–Trinajstić information content (AvgIpc) is 2.63. The fourth-order valence-electron chi connectivity index (χ4n) is 3.15. The van der Waals surface area contributed by atoms with Crippen LogP contribution in [0.2, 0.25) is 0 Å². The lowest BCUT2D eigenvalue weighted by Gasteiger charge is -2.28. The van der Waals surface area contributed by atoms with E-state index >= 15 is 0 Å². The lowest BCUT2D eigenvalue weighted by molar-refractivity contribution is -0.309. The van der Waals surface area contributed by atoms with Gasteiger partial charge in [-0.3, -0.25) is 9.59 Å². The number of aromatic amines is 1. The number of hydrogen-bond donors (Lipinski definition) is 2. The first-order valence-electron chi connectivity index (χ1n) is 9.42. The third-order valence-corrected chi connectivity index (χ3v) is 4.91. The summed E-state index contributed by atoms with van der Waals surface area (Å²) in [6.07, 6.45) is 0.720. The first-order chi connectivity index (χ1) is 13.2. The summed E-state index contributed by atoms with van der Waals surface area (Å²) in [6.45, 7) is 7.20. The maximum atomic E-state index is 12.9. The van der Waals surface area contributed by atoms with E-state index in [1.807, 2.05) is 13.8 Å². The van der Waals surface area contributed by atoms with Crippen molar-refractivity contribution in [1.82, 2.24) is 14.9 Å². The number of carbonyl (C=O) groups is 2. The van der Waals surface area contributed by atoms with E-state index in [-0.39, 0.29) is 23.6 Å². The van der Waals surface area contributed by atoms with Crippen molar-refractivity contribution in [3.05, 3.63) is 45.1 Å². The summed E-state index contributed by atoms with van der Waals surface area (Å²) in [5.41, 5.74) is -0.920. The van der Waals surface area contributed by atoms with Crippen molar-refractivity contribution in [3.8, 4) is 0 Å². The van der Waals surface area contributed by atoms with Gasteiger partial charge in [0.25, 0.3) is 5.56 Å². The normalized spacial score (nSPS) is 14.6. The number of fused-ring (bicyclic) bond motifs is 1. The Kier molecular flexibility index (Phi) is 6.77. The summed E-state index contributed by atoms with van der Waals surface area (Å²) in [5.74, 6) is -2.46. The number of amides is 1. The summed E-state index contributed by atoms with van der Waals surface area (Å²) in [5, 5.41) is 14.2. The molecule has 0 aliphatic rings. The maximum Gasteiger partial charge on any atom is 0.329 e. The number of carboxylic acid groups (broad SMARTS) is 1. The second-order valence-corrected chi connectivity index (χ2v) is 7.49. The molecule has 1 heterocycles. The van der Waals surface area contributed by atoms with Crippen molar-refractivity contribution in [2.45, 2.75) is 52.6 Å². The topological polar surface area (TPSA) is 124 Å². The second kappa shape index (κ2) is 8.86. The van der Waals surface area contributed by atoms with E-state index < -0.39 is 35.2 Å². The predicted octanol–water partition coefficient (Wildman–Crippen LogP) is 0.558. The molecule has 0 fully saturated rings. The highest BCUT2D eigenvalue weighted by Crippen LogP contribution is 2.17. The summed E-state index contributed by atoms with van der Waals surface area (Å²) in [7, 11) is 0. The third kappa shape index (κ3) is 4.49. The van der Waals surface area contributed by atoms with Gasteiger partial charge in [-0.05, 0) is 30.4 Å². The number of nitrogens with zero attached hydrogens (tertiary/aromatic N) is 1. The molecule has 0 aliphatic heterocycles. The lowest BCUT2D eigenvalue weighted by Crippen LogP contribution is -2.54. The number of nitrogens with one attached hydrogen (secondary N) is 2. The Hall–Kier alpha value is -2.90. The number of aliphatic carboxylic acids is 1. The molecule has 2 N–H and O–H groups in total. The zero-order valence-corrected chi connectivity index (χ0v) is 16.5. The minimum atomic E-state index is -1.40. The molecule has 2 rings (SSSR count). The van der Waals surface area contributed by atoms with Gasteiger partial charge in [-0.15, -0.1) is 0 Å². The van der Waals surface area contributed by atoms with Crippen LogP contribution in [0.5, 0.6) is 0 Å². The fraction of sp³-hybridized carbons (Fsp3) is 0.500. The van der Waals surface area contributed by atoms with E-state index in [4.69, 9.17) is 0 Å². The van der Waals surface area contributed by atoms with Crippen LogP contribution in [0.1, 0.15) is 46.6 Å². The molecule has 0 aliphatic carbocycles. The molecule has 0 saturated heterocycles. The molecule has 3 atom stereocenters. The van der Waals surface area contributed by atoms with Crippen LogP contribution in [-0.2, 0) is 9.59 Å². The maximum absolute atomic E-state index is 12.9. The van der Waals surface area contributed by atoms with E-state index in [0.29, 0.717) is 11.9 Å². The Morgan fingerprint density at radius 3 is 2.39 bits per heavy atom. The van der Waals surface area contributed by atoms with Gasteiger partial charge >= 0.3 is 5.69 Å². The molecule has 1 aromatic carbocycles. The van der Waals surface area contributed by atoms with Crippen molar-refractivity contribution in [2.24, 2.45) is 11.8 Å². The molecule has 0 unspecified atom stereocenters. The number of hydrogen-bond acceptors (Lipinski definition) is 5. The van der Waals surface area contributed by atoms with Crippen molar-refractivity contribution in [2.75, 3.05) is 0 Å². The van der Waals surface area contributed by atoms with Gasteiger partial charge in [-0.1, -0.05) is 46.2 Å². The van der Waals surface area contributed by atoms with E-state index in [9.17, 15) is 24.3 Å². The number of carboxylic acids is 1. The van der Waals surface area contributed by atoms with E-state index in [1.54, 1.807) is 38.1 Å². The van der Waals surface area contributed by atoms with E-state index in [2.05, 4.69) is 10.3 Å². The molecule has 8 nitrogen and oxygen atoms in total. The zero-order valence-electron chi connectivity index (χ0n) is 16.5. The van der Waals surface area contributed by atoms with Gasteiger partial charge in [-0.25, -0.2) is 9.36 Å². The van der Waals surface area contributed by atoms with Gasteiger partial charge < -0.3 is 20.2 Å². The van der Waals surface area contributed by atoms with E-state index in [0.717, 1.165) is 4.57 Å². The number of para-hydroxylation sites is 1.